The summed E-state index contributed by atoms with van der Waals surface area (Å²) < 4.78 is 16.1. The minimum atomic E-state index is -0.113. The number of benzene rings is 2. The van der Waals surface area contributed by atoms with E-state index < -0.39 is 0 Å². The van der Waals surface area contributed by atoms with E-state index in [1.54, 1.807) is 21.3 Å². The molecule has 0 fully saturated rings. The molecule has 0 aliphatic carbocycles. The first-order valence-corrected chi connectivity index (χ1v) is 10.6. The van der Waals surface area contributed by atoms with Gasteiger partial charge in [-0.3, -0.25) is 4.79 Å². The molecule has 3 rings (SSSR count). The highest BCUT2D eigenvalue weighted by atomic mass is 32.1. The third-order valence-electron chi connectivity index (χ3n) is 4.78. The molecule has 0 spiro atoms. The monoisotopic (exact) mass is 426 g/mol. The van der Waals surface area contributed by atoms with Crippen molar-refractivity contribution in [3.8, 4) is 27.8 Å². The van der Waals surface area contributed by atoms with Crippen molar-refractivity contribution in [1.82, 2.24) is 10.3 Å². The van der Waals surface area contributed by atoms with Gasteiger partial charge in [-0.25, -0.2) is 4.98 Å². The lowest BCUT2D eigenvalue weighted by Gasteiger charge is -2.19. The van der Waals surface area contributed by atoms with Crippen molar-refractivity contribution in [2.24, 2.45) is 0 Å². The average Bonchev–Trinajstić information content (AvgIpc) is 3.25. The van der Waals surface area contributed by atoms with Crippen LogP contribution in [-0.4, -0.2) is 32.2 Å². The van der Waals surface area contributed by atoms with Gasteiger partial charge in [0.1, 0.15) is 10.8 Å². The number of hydrogen-bond acceptors (Lipinski definition) is 6. The first kappa shape index (κ1) is 21.6. The molecule has 30 heavy (non-hydrogen) atoms. The molecule has 158 valence electrons. The summed E-state index contributed by atoms with van der Waals surface area (Å²) in [5.41, 5.74) is 2.63. The average molecular weight is 427 g/mol. The molecular formula is C23H26N2O4S. The van der Waals surface area contributed by atoms with Crippen molar-refractivity contribution >= 4 is 17.2 Å². The summed E-state index contributed by atoms with van der Waals surface area (Å²) in [6, 6.07) is 13.3. The molecule has 0 aliphatic rings. The lowest BCUT2D eigenvalue weighted by Crippen LogP contribution is -2.29. The van der Waals surface area contributed by atoms with Gasteiger partial charge in [-0.2, -0.15) is 0 Å². The van der Waals surface area contributed by atoms with Crippen LogP contribution in [0.25, 0.3) is 10.6 Å². The zero-order chi connectivity index (χ0) is 21.5. The van der Waals surface area contributed by atoms with Crippen molar-refractivity contribution in [3.63, 3.8) is 0 Å². The van der Waals surface area contributed by atoms with Crippen LogP contribution >= 0.6 is 11.3 Å². The Morgan fingerprint density at radius 2 is 1.77 bits per heavy atom. The maximum absolute atomic E-state index is 12.7. The molecule has 1 atom stereocenters. The summed E-state index contributed by atoms with van der Waals surface area (Å²) in [5, 5.41) is 5.84. The Morgan fingerprint density at radius 3 is 2.47 bits per heavy atom. The minimum absolute atomic E-state index is 0.0723. The fourth-order valence-electron chi connectivity index (χ4n) is 3.25. The van der Waals surface area contributed by atoms with E-state index in [1.165, 1.54) is 11.3 Å². The fourth-order valence-corrected chi connectivity index (χ4v) is 4.07. The molecule has 1 N–H and O–H groups in total. The third-order valence-corrected chi connectivity index (χ3v) is 5.72. The van der Waals surface area contributed by atoms with Crippen LogP contribution in [0.15, 0.2) is 47.8 Å². The number of aromatic nitrogens is 1. The summed E-state index contributed by atoms with van der Waals surface area (Å²) in [7, 11) is 4.84. The standard InChI is InChI=1S/C23H26N2O4S/c1-5-18(17-8-6-7-9-19(17)27-2)25-22(26)13-16-14-30-23(24-16)15-10-11-20(28-3)21(12-15)29-4/h6-12,14,18H,5,13H2,1-4H3,(H,25,26). The second-order valence-electron chi connectivity index (χ2n) is 6.66. The number of hydrogen-bond donors (Lipinski definition) is 1. The van der Waals surface area contributed by atoms with Gasteiger partial charge in [0, 0.05) is 16.5 Å². The maximum Gasteiger partial charge on any atom is 0.226 e. The Hall–Kier alpha value is -3.06. The van der Waals surface area contributed by atoms with E-state index in [2.05, 4.69) is 10.3 Å². The van der Waals surface area contributed by atoms with Crippen LogP contribution in [-0.2, 0) is 11.2 Å². The minimum Gasteiger partial charge on any atom is -0.496 e. The molecule has 0 saturated heterocycles. The molecule has 0 aliphatic heterocycles. The van der Waals surface area contributed by atoms with Gasteiger partial charge in [-0.15, -0.1) is 11.3 Å². The van der Waals surface area contributed by atoms with Crippen molar-refractivity contribution in [2.45, 2.75) is 25.8 Å². The molecule has 1 aromatic heterocycles. The van der Waals surface area contributed by atoms with E-state index in [1.807, 2.05) is 54.8 Å². The Morgan fingerprint density at radius 1 is 1.03 bits per heavy atom. The molecule has 1 unspecified atom stereocenters. The van der Waals surface area contributed by atoms with Gasteiger partial charge in [0.2, 0.25) is 5.91 Å². The number of carbonyl (C=O) groups excluding carboxylic acids is 1. The third kappa shape index (κ3) is 4.91. The lowest BCUT2D eigenvalue weighted by atomic mass is 10.0. The SMILES string of the molecule is CCC(NC(=O)Cc1csc(-c2ccc(OC)c(OC)c2)n1)c1ccccc1OC. The van der Waals surface area contributed by atoms with Crippen LogP contribution in [0.1, 0.15) is 30.6 Å². The topological polar surface area (TPSA) is 69.7 Å². The zero-order valence-corrected chi connectivity index (χ0v) is 18.4. The number of amides is 1. The van der Waals surface area contributed by atoms with Crippen LogP contribution in [0, 0.1) is 0 Å². The summed E-state index contributed by atoms with van der Waals surface area (Å²) in [6.45, 7) is 2.04. The number of nitrogens with one attached hydrogen (secondary N) is 1. The van der Waals surface area contributed by atoms with E-state index >= 15 is 0 Å². The number of para-hydroxylation sites is 1. The Kier molecular flexibility index (Phi) is 7.30. The summed E-state index contributed by atoms with van der Waals surface area (Å²) >= 11 is 1.50. The molecule has 0 bridgehead atoms. The molecular weight excluding hydrogens is 400 g/mol. The van der Waals surface area contributed by atoms with E-state index in [9.17, 15) is 4.79 Å². The highest BCUT2D eigenvalue weighted by Crippen LogP contribution is 2.33. The number of rotatable bonds is 9. The van der Waals surface area contributed by atoms with E-state index in [-0.39, 0.29) is 18.4 Å². The largest absolute Gasteiger partial charge is 0.496 e. The number of thiazole rings is 1. The summed E-state index contributed by atoms with van der Waals surface area (Å²) in [5.74, 6) is 2.01. The number of carbonyl (C=O) groups is 1. The van der Waals surface area contributed by atoms with E-state index in [0.717, 1.165) is 34.0 Å². The quantitative estimate of drug-likeness (QED) is 0.540. The molecule has 6 nitrogen and oxygen atoms in total. The van der Waals surface area contributed by atoms with Gasteiger partial charge in [-0.05, 0) is 30.7 Å². The molecule has 0 saturated carbocycles. The second-order valence-corrected chi connectivity index (χ2v) is 7.52. The maximum atomic E-state index is 12.7. The van der Waals surface area contributed by atoms with Crippen LogP contribution in [0.3, 0.4) is 0 Å². The zero-order valence-electron chi connectivity index (χ0n) is 17.6. The molecule has 1 heterocycles. The molecule has 1 amide bonds. The highest BCUT2D eigenvalue weighted by Gasteiger charge is 2.18. The number of methoxy groups -OCH3 is 3. The Labute approximate surface area is 180 Å². The van der Waals surface area contributed by atoms with Crippen LogP contribution in [0.2, 0.25) is 0 Å². The fraction of sp³-hybridized carbons (Fsp3) is 0.304. The van der Waals surface area contributed by atoms with Gasteiger partial charge in [0.05, 0.1) is 39.5 Å². The Bertz CT molecular complexity index is 1000. The number of nitrogens with zero attached hydrogens (tertiary/aromatic N) is 1. The van der Waals surface area contributed by atoms with E-state index in [0.29, 0.717) is 11.5 Å². The second kappa shape index (κ2) is 10.1. The van der Waals surface area contributed by atoms with Crippen molar-refractivity contribution < 1.29 is 19.0 Å². The van der Waals surface area contributed by atoms with Gasteiger partial charge in [-0.1, -0.05) is 25.1 Å². The summed E-state index contributed by atoms with van der Waals surface area (Å²) in [4.78, 5) is 17.3. The van der Waals surface area contributed by atoms with Crippen molar-refractivity contribution in [3.05, 3.63) is 59.1 Å². The van der Waals surface area contributed by atoms with Gasteiger partial charge in [0.15, 0.2) is 11.5 Å². The summed E-state index contributed by atoms with van der Waals surface area (Å²) in [6.07, 6.45) is 0.982. The van der Waals surface area contributed by atoms with Gasteiger partial charge < -0.3 is 19.5 Å². The van der Waals surface area contributed by atoms with Crippen LogP contribution in [0.4, 0.5) is 0 Å². The molecule has 2 aromatic carbocycles. The van der Waals surface area contributed by atoms with E-state index in [4.69, 9.17) is 14.2 Å². The predicted molar refractivity (Wildman–Crippen MR) is 119 cm³/mol. The van der Waals surface area contributed by atoms with Gasteiger partial charge in [0.25, 0.3) is 0 Å². The van der Waals surface area contributed by atoms with Crippen molar-refractivity contribution in [2.75, 3.05) is 21.3 Å². The first-order chi connectivity index (χ1) is 14.6. The smallest absolute Gasteiger partial charge is 0.226 e. The first-order valence-electron chi connectivity index (χ1n) is 9.68. The Balaban J connectivity index is 1.70. The predicted octanol–water partition coefficient (Wildman–Crippen LogP) is 4.65. The molecule has 0 radical (unpaired) electrons. The van der Waals surface area contributed by atoms with Crippen LogP contribution < -0.4 is 19.5 Å². The highest BCUT2D eigenvalue weighted by molar-refractivity contribution is 7.13. The van der Waals surface area contributed by atoms with Gasteiger partial charge >= 0.3 is 0 Å². The number of ether oxygens (including phenoxy) is 3. The normalized spacial score (nSPS) is 11.6. The van der Waals surface area contributed by atoms with Crippen LogP contribution in [0.5, 0.6) is 17.2 Å². The molecule has 3 aromatic rings. The van der Waals surface area contributed by atoms with Crippen molar-refractivity contribution in [1.29, 1.82) is 0 Å². The molecule has 7 heteroatoms. The lowest BCUT2D eigenvalue weighted by molar-refractivity contribution is -0.121.